The maximum atomic E-state index is 5.29. The molecule has 0 aromatic carbocycles. The van der Waals surface area contributed by atoms with Crippen molar-refractivity contribution in [3.63, 3.8) is 0 Å². The van der Waals surface area contributed by atoms with E-state index in [1.54, 1.807) is 0 Å². The first kappa shape index (κ1) is 10.1. The summed E-state index contributed by atoms with van der Waals surface area (Å²) in [5, 5.41) is 0. The van der Waals surface area contributed by atoms with Crippen molar-refractivity contribution in [3.05, 3.63) is 0 Å². The zero-order chi connectivity index (χ0) is 8.36. The van der Waals surface area contributed by atoms with Crippen molar-refractivity contribution in [2.45, 2.75) is 32.6 Å². The lowest BCUT2D eigenvalue weighted by Crippen LogP contribution is -1.96. The summed E-state index contributed by atoms with van der Waals surface area (Å²) in [5.74, 6) is 11.5. The molecule has 0 aromatic heterocycles. The number of rotatable bonds is 3. The predicted octanol–water partition coefficient (Wildman–Crippen LogP) is 1.53. The van der Waals surface area contributed by atoms with Gasteiger partial charge in [-0.25, -0.2) is 0 Å². The predicted molar refractivity (Wildman–Crippen MR) is 48.7 cm³/mol. The smallest absolute Gasteiger partial charge is 0.0111 e. The minimum atomic E-state index is 0.719. The van der Waals surface area contributed by atoms with E-state index in [1.165, 1.54) is 0 Å². The Labute approximate surface area is 69.4 Å². The summed E-state index contributed by atoms with van der Waals surface area (Å²) in [7, 11) is 0. The van der Waals surface area contributed by atoms with Gasteiger partial charge in [-0.15, -0.1) is 0 Å². The van der Waals surface area contributed by atoms with Crippen LogP contribution in [-0.2, 0) is 0 Å². The van der Waals surface area contributed by atoms with Gasteiger partial charge in [-0.2, -0.15) is 0 Å². The lowest BCUT2D eigenvalue weighted by molar-refractivity contribution is 0.870. The van der Waals surface area contributed by atoms with Crippen LogP contribution in [0.4, 0.5) is 0 Å². The van der Waals surface area contributed by atoms with Crippen molar-refractivity contribution in [2.75, 3.05) is 6.54 Å². The molecule has 0 heterocycles. The highest BCUT2D eigenvalue weighted by Crippen LogP contribution is 1.81. The Morgan fingerprint density at radius 1 is 1.09 bits per heavy atom. The van der Waals surface area contributed by atoms with Gasteiger partial charge in [0.05, 0.1) is 0 Å². The molecule has 0 aliphatic rings. The van der Waals surface area contributed by atoms with Crippen molar-refractivity contribution < 1.29 is 0 Å². The summed E-state index contributed by atoms with van der Waals surface area (Å²) in [6, 6.07) is 0. The molecule has 0 aliphatic carbocycles. The van der Waals surface area contributed by atoms with Gasteiger partial charge in [-0.3, -0.25) is 0 Å². The van der Waals surface area contributed by atoms with Crippen LogP contribution in [0.3, 0.4) is 0 Å². The summed E-state index contributed by atoms with van der Waals surface area (Å²) in [6.45, 7) is 2.83. The van der Waals surface area contributed by atoms with Gasteiger partial charge >= 0.3 is 0 Å². The topological polar surface area (TPSA) is 26.0 Å². The van der Waals surface area contributed by atoms with Crippen LogP contribution in [0.5, 0.6) is 0 Å². The van der Waals surface area contributed by atoms with Crippen LogP contribution in [0, 0.1) is 23.7 Å². The van der Waals surface area contributed by atoms with Gasteiger partial charge in [0.1, 0.15) is 0 Å². The summed E-state index contributed by atoms with van der Waals surface area (Å²) < 4.78 is 0. The third-order valence-electron chi connectivity index (χ3n) is 1.12. The van der Waals surface area contributed by atoms with Gasteiger partial charge in [0.25, 0.3) is 0 Å². The molecular weight excluding hydrogens is 134 g/mol. The van der Waals surface area contributed by atoms with Crippen molar-refractivity contribution in [2.24, 2.45) is 5.73 Å². The van der Waals surface area contributed by atoms with Crippen LogP contribution in [-0.4, -0.2) is 6.54 Å². The van der Waals surface area contributed by atoms with E-state index < -0.39 is 0 Å². The first-order valence-corrected chi connectivity index (χ1v) is 4.07. The number of unbranched alkanes of at least 4 members (excludes halogenated alkanes) is 2. The van der Waals surface area contributed by atoms with E-state index in [0.717, 1.165) is 32.2 Å². The molecule has 0 fully saturated rings. The highest BCUT2D eigenvalue weighted by molar-refractivity contribution is 5.25. The van der Waals surface area contributed by atoms with Crippen molar-refractivity contribution >= 4 is 0 Å². The summed E-state index contributed by atoms with van der Waals surface area (Å²) in [4.78, 5) is 0. The minimum Gasteiger partial charge on any atom is -0.330 e. The largest absolute Gasteiger partial charge is 0.330 e. The second kappa shape index (κ2) is 9.08. The van der Waals surface area contributed by atoms with Crippen molar-refractivity contribution in [3.8, 4) is 23.7 Å². The van der Waals surface area contributed by atoms with Crippen LogP contribution < -0.4 is 5.73 Å². The van der Waals surface area contributed by atoms with Gasteiger partial charge in [-0.05, 0) is 31.2 Å². The molecule has 0 radical (unpaired) electrons. The molecule has 2 N–H and O–H groups in total. The number of hydrogen-bond acceptors (Lipinski definition) is 1. The quantitative estimate of drug-likeness (QED) is 0.478. The molecule has 0 saturated carbocycles. The first-order valence-electron chi connectivity index (χ1n) is 4.07. The molecule has 0 atom stereocenters. The monoisotopic (exact) mass is 149 g/mol. The second-order valence-corrected chi connectivity index (χ2v) is 2.25. The molecule has 0 bridgehead atoms. The Morgan fingerprint density at radius 3 is 2.27 bits per heavy atom. The van der Waals surface area contributed by atoms with Crippen LogP contribution in [0.15, 0.2) is 0 Å². The van der Waals surface area contributed by atoms with E-state index >= 15 is 0 Å². The third-order valence-corrected chi connectivity index (χ3v) is 1.12. The third kappa shape index (κ3) is 9.08. The molecule has 0 aliphatic heterocycles. The van der Waals surface area contributed by atoms with E-state index in [9.17, 15) is 0 Å². The van der Waals surface area contributed by atoms with Crippen molar-refractivity contribution in [1.82, 2.24) is 0 Å². The standard InChI is InChI=1S/C10H15N/c1-2-3-4-5-6-7-8-9-10-11/h2-3,8-11H2,1H3. The van der Waals surface area contributed by atoms with Gasteiger partial charge < -0.3 is 5.73 Å². The molecule has 0 aromatic rings. The van der Waals surface area contributed by atoms with E-state index in [1.807, 2.05) is 0 Å². The summed E-state index contributed by atoms with van der Waals surface area (Å²) in [5.41, 5.74) is 5.29. The zero-order valence-corrected chi connectivity index (χ0v) is 7.11. The normalized spacial score (nSPS) is 7.45. The Kier molecular flexibility index (Phi) is 8.32. The molecule has 11 heavy (non-hydrogen) atoms. The Balaban J connectivity index is 3.33. The minimum absolute atomic E-state index is 0.719. The second-order valence-electron chi connectivity index (χ2n) is 2.25. The molecule has 0 amide bonds. The maximum Gasteiger partial charge on any atom is 0.0111 e. The molecule has 0 spiro atoms. The fourth-order valence-corrected chi connectivity index (χ4v) is 0.529. The molecule has 1 heteroatoms. The van der Waals surface area contributed by atoms with Gasteiger partial charge in [0.15, 0.2) is 0 Å². The van der Waals surface area contributed by atoms with Crippen LogP contribution in [0.2, 0.25) is 0 Å². The van der Waals surface area contributed by atoms with Crippen LogP contribution in [0.1, 0.15) is 32.6 Å². The lowest BCUT2D eigenvalue weighted by atomic mass is 10.3. The average Bonchev–Trinajstić information content (AvgIpc) is 2.03. The van der Waals surface area contributed by atoms with Crippen LogP contribution in [0.25, 0.3) is 0 Å². The highest BCUT2D eigenvalue weighted by Gasteiger charge is 1.74. The Bertz CT molecular complexity index is 184. The number of hydrogen-bond donors (Lipinski definition) is 1. The molecule has 0 unspecified atom stereocenters. The summed E-state index contributed by atoms with van der Waals surface area (Å²) >= 11 is 0. The van der Waals surface area contributed by atoms with E-state index in [-0.39, 0.29) is 0 Å². The lowest BCUT2D eigenvalue weighted by Gasteiger charge is -1.81. The maximum absolute atomic E-state index is 5.29. The van der Waals surface area contributed by atoms with Gasteiger partial charge in [-0.1, -0.05) is 18.8 Å². The van der Waals surface area contributed by atoms with Crippen LogP contribution >= 0.6 is 0 Å². The summed E-state index contributed by atoms with van der Waals surface area (Å²) in [6.07, 6.45) is 3.91. The van der Waals surface area contributed by atoms with Gasteiger partial charge in [0.2, 0.25) is 0 Å². The zero-order valence-electron chi connectivity index (χ0n) is 7.11. The molecule has 0 saturated heterocycles. The van der Waals surface area contributed by atoms with E-state index in [4.69, 9.17) is 5.73 Å². The molecule has 1 nitrogen and oxygen atoms in total. The van der Waals surface area contributed by atoms with E-state index in [2.05, 4.69) is 30.6 Å². The number of nitrogens with two attached hydrogens (primary N) is 1. The molecule has 0 rings (SSSR count). The van der Waals surface area contributed by atoms with E-state index in [0.29, 0.717) is 0 Å². The van der Waals surface area contributed by atoms with Crippen molar-refractivity contribution in [1.29, 1.82) is 0 Å². The Morgan fingerprint density at radius 2 is 1.73 bits per heavy atom. The fourth-order valence-electron chi connectivity index (χ4n) is 0.529. The molecule has 60 valence electrons. The van der Waals surface area contributed by atoms with Gasteiger partial charge in [0, 0.05) is 12.8 Å². The Hall–Kier alpha value is -0.920. The molecular formula is C10H15N. The average molecular weight is 149 g/mol. The highest BCUT2D eigenvalue weighted by atomic mass is 14.5. The SMILES string of the molecule is CCCC#CC#CCCCN. The first-order chi connectivity index (χ1) is 5.41. The fraction of sp³-hybridized carbons (Fsp3) is 0.600.